The number of rotatable bonds is 3. The summed E-state index contributed by atoms with van der Waals surface area (Å²) in [5.41, 5.74) is 0.0844. The number of aryl methyl sites for hydroxylation is 1. The fourth-order valence-corrected chi connectivity index (χ4v) is 2.08. The van der Waals surface area contributed by atoms with Crippen LogP contribution in [0.1, 0.15) is 19.0 Å². The molecule has 0 bridgehead atoms. The fraction of sp³-hybridized carbons (Fsp3) is 0.583. The number of anilines is 1. The fourth-order valence-electron chi connectivity index (χ4n) is 2.08. The molecule has 2 rings (SSSR count). The summed E-state index contributed by atoms with van der Waals surface area (Å²) in [4.78, 5) is 21.7. The Morgan fingerprint density at radius 1 is 1.56 bits per heavy atom. The normalized spacial score (nSPS) is 23.2. The number of ether oxygens (including phenoxy) is 1. The summed E-state index contributed by atoms with van der Waals surface area (Å²) < 4.78 is 5.10. The van der Waals surface area contributed by atoms with Gasteiger partial charge in [0.1, 0.15) is 0 Å². The molecule has 1 unspecified atom stereocenters. The molecule has 0 aliphatic carbocycles. The Labute approximate surface area is 106 Å². The van der Waals surface area contributed by atoms with Crippen LogP contribution in [0.2, 0.25) is 0 Å². The zero-order valence-corrected chi connectivity index (χ0v) is 10.8. The zero-order valence-electron chi connectivity index (χ0n) is 10.8. The van der Waals surface area contributed by atoms with Crippen molar-refractivity contribution in [2.24, 2.45) is 5.41 Å². The number of aliphatic carboxylic acids is 1. The predicted molar refractivity (Wildman–Crippen MR) is 65.9 cm³/mol. The molecule has 0 saturated carbocycles. The van der Waals surface area contributed by atoms with Crippen molar-refractivity contribution < 1.29 is 14.6 Å². The van der Waals surface area contributed by atoms with Gasteiger partial charge in [0.25, 0.3) is 0 Å². The third-order valence-corrected chi connectivity index (χ3v) is 3.30. The van der Waals surface area contributed by atoms with Gasteiger partial charge in [-0.1, -0.05) is 0 Å². The van der Waals surface area contributed by atoms with Crippen molar-refractivity contribution in [1.82, 2.24) is 9.97 Å². The molecule has 1 saturated heterocycles. The van der Waals surface area contributed by atoms with E-state index < -0.39 is 11.4 Å². The van der Waals surface area contributed by atoms with Gasteiger partial charge in [-0.3, -0.25) is 4.79 Å². The first-order chi connectivity index (χ1) is 8.44. The van der Waals surface area contributed by atoms with Gasteiger partial charge in [0.15, 0.2) is 0 Å². The highest BCUT2D eigenvalue weighted by atomic mass is 16.5. The highest BCUT2D eigenvalue weighted by Crippen LogP contribution is 2.32. The van der Waals surface area contributed by atoms with E-state index in [0.717, 1.165) is 5.69 Å². The first-order valence-corrected chi connectivity index (χ1v) is 5.83. The van der Waals surface area contributed by atoms with Gasteiger partial charge in [-0.15, -0.1) is 0 Å². The number of carboxylic acids is 1. The van der Waals surface area contributed by atoms with Gasteiger partial charge in [0.05, 0.1) is 12.5 Å². The zero-order chi connectivity index (χ0) is 13.3. The average molecular weight is 251 g/mol. The minimum absolute atomic E-state index is 0.426. The Morgan fingerprint density at radius 3 is 2.83 bits per heavy atom. The summed E-state index contributed by atoms with van der Waals surface area (Å²) in [6, 6.07) is 1.75. The van der Waals surface area contributed by atoms with Gasteiger partial charge >= 0.3 is 5.97 Å². The molecule has 6 heteroatoms. The van der Waals surface area contributed by atoms with E-state index in [1.54, 1.807) is 20.1 Å². The predicted octanol–water partition coefficient (Wildman–Crippen LogP) is 1.09. The molecule has 0 spiro atoms. The number of hydrogen-bond donors (Lipinski definition) is 1. The second kappa shape index (κ2) is 4.44. The van der Waals surface area contributed by atoms with Crippen LogP contribution in [0.25, 0.3) is 0 Å². The molecule has 6 nitrogen and oxygen atoms in total. The molecule has 1 atom stereocenters. The topological polar surface area (TPSA) is 75.5 Å². The molecule has 1 aliphatic rings. The Morgan fingerprint density at radius 2 is 2.28 bits per heavy atom. The van der Waals surface area contributed by atoms with E-state index in [4.69, 9.17) is 4.74 Å². The van der Waals surface area contributed by atoms with Crippen LogP contribution < -0.4 is 9.64 Å². The average Bonchev–Trinajstić information content (AvgIpc) is 2.72. The van der Waals surface area contributed by atoms with Crippen LogP contribution in [0, 0.1) is 12.3 Å². The molecule has 1 aromatic heterocycles. The SMILES string of the molecule is COc1cc(C)nc(N2CCC(C)(C(=O)O)C2)n1. The second-order valence-corrected chi connectivity index (χ2v) is 4.89. The first-order valence-electron chi connectivity index (χ1n) is 5.83. The summed E-state index contributed by atoms with van der Waals surface area (Å²) in [5.74, 6) is 0.267. The number of carbonyl (C=O) groups is 1. The lowest BCUT2D eigenvalue weighted by atomic mass is 9.90. The van der Waals surface area contributed by atoms with Gasteiger partial charge in [-0.2, -0.15) is 4.98 Å². The minimum atomic E-state index is -0.774. The third kappa shape index (κ3) is 2.23. The molecule has 18 heavy (non-hydrogen) atoms. The maximum Gasteiger partial charge on any atom is 0.311 e. The Balaban J connectivity index is 2.24. The maximum absolute atomic E-state index is 11.2. The highest BCUT2D eigenvalue weighted by Gasteiger charge is 2.41. The van der Waals surface area contributed by atoms with Gasteiger partial charge in [-0.05, 0) is 20.3 Å². The van der Waals surface area contributed by atoms with Crippen molar-refractivity contribution in [1.29, 1.82) is 0 Å². The molecule has 98 valence electrons. The summed E-state index contributed by atoms with van der Waals surface area (Å²) in [6.45, 7) is 4.69. The molecule has 1 aromatic rings. The van der Waals surface area contributed by atoms with E-state index in [1.165, 1.54) is 0 Å². The lowest BCUT2D eigenvalue weighted by Gasteiger charge is -2.20. The van der Waals surface area contributed by atoms with Crippen molar-refractivity contribution in [3.8, 4) is 5.88 Å². The van der Waals surface area contributed by atoms with Crippen LogP contribution in [0.15, 0.2) is 6.07 Å². The number of hydrogen-bond acceptors (Lipinski definition) is 5. The maximum atomic E-state index is 11.2. The first kappa shape index (κ1) is 12.6. The molecule has 1 fully saturated rings. The monoisotopic (exact) mass is 251 g/mol. The van der Waals surface area contributed by atoms with Crippen molar-refractivity contribution in [3.05, 3.63) is 11.8 Å². The summed E-state index contributed by atoms with van der Waals surface area (Å²) in [5, 5.41) is 9.20. The van der Waals surface area contributed by atoms with Crippen molar-refractivity contribution in [2.75, 3.05) is 25.1 Å². The lowest BCUT2D eigenvalue weighted by Crippen LogP contribution is -2.32. The molecule has 1 aliphatic heterocycles. The lowest BCUT2D eigenvalue weighted by molar-refractivity contribution is -0.146. The van der Waals surface area contributed by atoms with E-state index in [9.17, 15) is 9.90 Å². The van der Waals surface area contributed by atoms with E-state index in [1.807, 2.05) is 11.8 Å². The van der Waals surface area contributed by atoms with Crippen LogP contribution in [0.3, 0.4) is 0 Å². The van der Waals surface area contributed by atoms with E-state index in [-0.39, 0.29) is 0 Å². The van der Waals surface area contributed by atoms with E-state index in [0.29, 0.717) is 31.3 Å². The Kier molecular flexibility index (Phi) is 3.11. The molecule has 0 amide bonds. The van der Waals surface area contributed by atoms with Gasteiger partial charge < -0.3 is 14.7 Å². The Bertz CT molecular complexity index is 478. The van der Waals surface area contributed by atoms with Crippen LogP contribution in [-0.4, -0.2) is 41.2 Å². The molecule has 1 N–H and O–H groups in total. The smallest absolute Gasteiger partial charge is 0.311 e. The summed E-state index contributed by atoms with van der Waals surface area (Å²) in [7, 11) is 1.55. The van der Waals surface area contributed by atoms with E-state index >= 15 is 0 Å². The minimum Gasteiger partial charge on any atom is -0.481 e. The Hall–Kier alpha value is -1.85. The number of nitrogens with zero attached hydrogens (tertiary/aromatic N) is 3. The summed E-state index contributed by atoms with van der Waals surface area (Å²) in [6.07, 6.45) is 0.599. The van der Waals surface area contributed by atoms with Crippen molar-refractivity contribution in [3.63, 3.8) is 0 Å². The standard InChI is InChI=1S/C12H17N3O3/c1-8-6-9(18-3)14-11(13-8)15-5-4-12(2,7-15)10(16)17/h6H,4-5,7H2,1-3H3,(H,16,17). The number of aromatic nitrogens is 2. The van der Waals surface area contributed by atoms with Crippen LogP contribution >= 0.6 is 0 Å². The number of carboxylic acid groups (broad SMARTS) is 1. The van der Waals surface area contributed by atoms with Crippen molar-refractivity contribution >= 4 is 11.9 Å². The largest absolute Gasteiger partial charge is 0.481 e. The van der Waals surface area contributed by atoms with E-state index in [2.05, 4.69) is 9.97 Å². The van der Waals surface area contributed by atoms with Gasteiger partial charge in [0, 0.05) is 24.8 Å². The van der Waals surface area contributed by atoms with Crippen LogP contribution in [-0.2, 0) is 4.79 Å². The van der Waals surface area contributed by atoms with Gasteiger partial charge in [0.2, 0.25) is 11.8 Å². The van der Waals surface area contributed by atoms with Gasteiger partial charge in [-0.25, -0.2) is 4.98 Å². The number of methoxy groups -OCH3 is 1. The molecule has 2 heterocycles. The summed E-state index contributed by atoms with van der Waals surface area (Å²) >= 11 is 0. The molecular formula is C12H17N3O3. The third-order valence-electron chi connectivity index (χ3n) is 3.30. The molecule has 0 radical (unpaired) electrons. The van der Waals surface area contributed by atoms with Crippen LogP contribution in [0.5, 0.6) is 5.88 Å². The molecular weight excluding hydrogens is 234 g/mol. The quantitative estimate of drug-likeness (QED) is 0.866. The molecule has 0 aromatic carbocycles. The van der Waals surface area contributed by atoms with Crippen molar-refractivity contribution in [2.45, 2.75) is 20.3 Å². The second-order valence-electron chi connectivity index (χ2n) is 4.89. The highest BCUT2D eigenvalue weighted by molar-refractivity contribution is 5.76. The van der Waals surface area contributed by atoms with Crippen LogP contribution in [0.4, 0.5) is 5.95 Å².